The van der Waals surface area contributed by atoms with Gasteiger partial charge in [0.2, 0.25) is 0 Å². The van der Waals surface area contributed by atoms with E-state index >= 15 is 0 Å². The van der Waals surface area contributed by atoms with Crippen molar-refractivity contribution in [2.45, 2.75) is 38.9 Å². The fourth-order valence-electron chi connectivity index (χ4n) is 3.67. The van der Waals surface area contributed by atoms with Gasteiger partial charge in [-0.15, -0.1) is 0 Å². The highest BCUT2D eigenvalue weighted by molar-refractivity contribution is 5.63. The largest absolute Gasteiger partial charge is 0.403 e. The number of nitrogens with two attached hydrogens (primary N) is 3. The molecule has 2 aliphatic rings. The Balaban J connectivity index is 0.00000141. The molecule has 1 fully saturated rings. The van der Waals surface area contributed by atoms with E-state index in [1.165, 1.54) is 11.2 Å². The Morgan fingerprint density at radius 1 is 1.38 bits per heavy atom. The van der Waals surface area contributed by atoms with E-state index in [0.29, 0.717) is 17.2 Å². The van der Waals surface area contributed by atoms with Gasteiger partial charge in [0.25, 0.3) is 0 Å². The zero-order chi connectivity index (χ0) is 23.5. The van der Waals surface area contributed by atoms with E-state index in [-0.39, 0.29) is 11.7 Å². The van der Waals surface area contributed by atoms with Gasteiger partial charge in [0.15, 0.2) is 0 Å². The SMILES string of the molecule is CC.CCC1(c2cc(NC3C=c4cc(/C(=C/N)N(C)N)nc(N)c4=CN3C)ncn2)CN1. The van der Waals surface area contributed by atoms with E-state index in [2.05, 4.69) is 38.6 Å². The van der Waals surface area contributed by atoms with Gasteiger partial charge >= 0.3 is 0 Å². The maximum atomic E-state index is 6.22. The molecule has 2 aromatic rings. The molecule has 0 spiro atoms. The lowest BCUT2D eigenvalue weighted by atomic mass is 10.0. The third-order valence-electron chi connectivity index (χ3n) is 5.69. The first-order chi connectivity index (χ1) is 15.4. The van der Waals surface area contributed by atoms with Crippen molar-refractivity contribution in [3.63, 3.8) is 0 Å². The predicted octanol–water partition coefficient (Wildman–Crippen LogP) is -0.347. The molecule has 1 saturated heterocycles. The molecule has 0 bridgehead atoms. The van der Waals surface area contributed by atoms with Crippen LogP contribution in [0.15, 0.2) is 24.7 Å². The van der Waals surface area contributed by atoms with Crippen LogP contribution in [0, 0.1) is 0 Å². The molecule has 32 heavy (non-hydrogen) atoms. The van der Waals surface area contributed by atoms with Gasteiger partial charge in [0.1, 0.15) is 24.1 Å². The van der Waals surface area contributed by atoms with Gasteiger partial charge in [-0.05, 0) is 23.8 Å². The first-order valence-corrected chi connectivity index (χ1v) is 10.8. The average Bonchev–Trinajstić information content (AvgIpc) is 3.58. The summed E-state index contributed by atoms with van der Waals surface area (Å²) < 4.78 is 0. The summed E-state index contributed by atoms with van der Waals surface area (Å²) in [5, 5.41) is 10.1. The number of fused-ring (bicyclic) bond motifs is 1. The monoisotopic (exact) mass is 438 g/mol. The normalized spacial score (nSPS) is 21.4. The van der Waals surface area contributed by atoms with E-state index in [1.54, 1.807) is 13.4 Å². The summed E-state index contributed by atoms with van der Waals surface area (Å²) in [4.78, 5) is 15.3. The molecular formula is C22H34N10. The zero-order valence-corrected chi connectivity index (χ0v) is 19.4. The van der Waals surface area contributed by atoms with E-state index < -0.39 is 0 Å². The number of rotatable bonds is 6. The second kappa shape index (κ2) is 9.41. The number of anilines is 2. The molecule has 2 atom stereocenters. The van der Waals surface area contributed by atoms with E-state index in [1.807, 2.05) is 44.1 Å². The second-order valence-electron chi connectivity index (χ2n) is 7.69. The molecule has 10 nitrogen and oxygen atoms in total. The Kier molecular flexibility index (Phi) is 6.85. The molecular weight excluding hydrogens is 404 g/mol. The van der Waals surface area contributed by atoms with Crippen molar-refractivity contribution in [1.29, 1.82) is 0 Å². The van der Waals surface area contributed by atoms with Gasteiger partial charge in [-0.1, -0.05) is 20.8 Å². The van der Waals surface area contributed by atoms with Crippen LogP contribution in [0.2, 0.25) is 0 Å². The summed E-state index contributed by atoms with van der Waals surface area (Å²) in [5.74, 6) is 7.05. The van der Waals surface area contributed by atoms with Crippen LogP contribution in [0.3, 0.4) is 0 Å². The van der Waals surface area contributed by atoms with Crippen LogP contribution in [0.5, 0.6) is 0 Å². The third-order valence-corrected chi connectivity index (χ3v) is 5.69. The zero-order valence-electron chi connectivity index (χ0n) is 19.4. The van der Waals surface area contributed by atoms with E-state index in [9.17, 15) is 0 Å². The molecule has 4 heterocycles. The van der Waals surface area contributed by atoms with Gasteiger partial charge in [-0.25, -0.2) is 20.8 Å². The van der Waals surface area contributed by atoms with Crippen molar-refractivity contribution >= 4 is 29.6 Å². The summed E-state index contributed by atoms with van der Waals surface area (Å²) in [6.07, 6.45) is 7.93. The molecule has 0 radical (unpaired) electrons. The standard InChI is InChI=1S/C20H28N10.C2H6/c1-4-20(10-26-20)16-7-17(25-11-24-16)28-18-6-12-5-14(15(8-21)30(3)23)27-19(22)13(12)9-29(18)2;1-2/h5-9,11,18,26H,4,10,21,23H2,1-3H3,(H2,22,27)(H,24,25,28);1-2H3/b15-8-;. The first kappa shape index (κ1) is 23.3. The maximum absolute atomic E-state index is 6.22. The number of nitrogens with one attached hydrogen (secondary N) is 2. The molecule has 2 aromatic heterocycles. The van der Waals surface area contributed by atoms with Crippen molar-refractivity contribution in [3.8, 4) is 0 Å². The predicted molar refractivity (Wildman–Crippen MR) is 129 cm³/mol. The molecule has 0 amide bonds. The molecule has 0 aromatic carbocycles. The topological polar surface area (TPSA) is 157 Å². The molecule has 0 aliphatic carbocycles. The van der Waals surface area contributed by atoms with Crippen molar-refractivity contribution < 1.29 is 0 Å². The van der Waals surface area contributed by atoms with Gasteiger partial charge in [-0.2, -0.15) is 0 Å². The van der Waals surface area contributed by atoms with Crippen molar-refractivity contribution in [2.75, 3.05) is 31.7 Å². The second-order valence-corrected chi connectivity index (χ2v) is 7.69. The van der Waals surface area contributed by atoms with E-state index in [4.69, 9.17) is 17.3 Å². The maximum Gasteiger partial charge on any atom is 0.133 e. The van der Waals surface area contributed by atoms with Crippen LogP contribution in [0.4, 0.5) is 11.6 Å². The van der Waals surface area contributed by atoms with Gasteiger partial charge < -0.3 is 32.0 Å². The summed E-state index contributed by atoms with van der Waals surface area (Å²) >= 11 is 0. The Bertz CT molecular complexity index is 1100. The molecule has 0 saturated carbocycles. The minimum absolute atomic E-state index is 0.0193. The number of nitrogen functional groups attached to an aromatic ring is 1. The Labute approximate surface area is 188 Å². The Morgan fingerprint density at radius 3 is 2.69 bits per heavy atom. The van der Waals surface area contributed by atoms with Crippen LogP contribution in [-0.2, 0) is 5.54 Å². The number of hydrazine groups is 1. The number of hydrogen-bond acceptors (Lipinski definition) is 10. The molecule has 2 aliphatic heterocycles. The Morgan fingerprint density at radius 2 is 2.09 bits per heavy atom. The summed E-state index contributed by atoms with van der Waals surface area (Å²) in [6.45, 7) is 7.10. The lowest BCUT2D eigenvalue weighted by Gasteiger charge is -2.28. The Hall–Kier alpha value is -3.37. The minimum atomic E-state index is -0.124. The van der Waals surface area contributed by atoms with Crippen LogP contribution in [0.1, 0.15) is 38.6 Å². The fourth-order valence-corrected chi connectivity index (χ4v) is 3.67. The quantitative estimate of drug-likeness (QED) is 0.229. The smallest absolute Gasteiger partial charge is 0.133 e. The highest BCUT2D eigenvalue weighted by Gasteiger charge is 2.43. The number of nitrogens with zero attached hydrogens (tertiary/aromatic N) is 5. The molecule has 10 heteroatoms. The third kappa shape index (κ3) is 4.46. The summed E-state index contributed by atoms with van der Waals surface area (Å²) in [5.41, 5.74) is 14.1. The minimum Gasteiger partial charge on any atom is -0.403 e. The highest BCUT2D eigenvalue weighted by Crippen LogP contribution is 2.33. The highest BCUT2D eigenvalue weighted by atomic mass is 15.4. The van der Waals surface area contributed by atoms with Crippen molar-refractivity contribution in [1.82, 2.24) is 30.2 Å². The number of aromatic nitrogens is 3. The molecule has 8 N–H and O–H groups in total. The number of pyridine rings is 1. The average molecular weight is 439 g/mol. The summed E-state index contributed by atoms with van der Waals surface area (Å²) in [6, 6.07) is 3.93. The van der Waals surface area contributed by atoms with Gasteiger partial charge in [-0.3, -0.25) is 0 Å². The van der Waals surface area contributed by atoms with Crippen LogP contribution >= 0.6 is 0 Å². The van der Waals surface area contributed by atoms with Gasteiger partial charge in [0, 0.05) is 44.3 Å². The fraction of sp³-hybridized carbons (Fsp3) is 0.409. The molecule has 172 valence electrons. The van der Waals surface area contributed by atoms with Gasteiger partial charge in [0.05, 0.1) is 22.6 Å². The van der Waals surface area contributed by atoms with E-state index in [0.717, 1.165) is 34.9 Å². The molecule has 4 rings (SSSR count). The van der Waals surface area contributed by atoms with Crippen molar-refractivity contribution in [2.24, 2.45) is 11.6 Å². The lowest BCUT2D eigenvalue weighted by Crippen LogP contribution is -2.45. The van der Waals surface area contributed by atoms with Crippen molar-refractivity contribution in [3.05, 3.63) is 46.5 Å². The van der Waals surface area contributed by atoms with Crippen LogP contribution in [-0.4, -0.2) is 51.7 Å². The summed E-state index contributed by atoms with van der Waals surface area (Å²) in [7, 11) is 3.68. The number of hydrogen-bond donors (Lipinski definition) is 5. The lowest BCUT2D eigenvalue weighted by molar-refractivity contribution is 0.465. The van der Waals surface area contributed by atoms with Crippen LogP contribution in [0.25, 0.3) is 18.0 Å². The van der Waals surface area contributed by atoms with Crippen LogP contribution < -0.4 is 38.4 Å². The first-order valence-electron chi connectivity index (χ1n) is 10.8. The molecule has 2 unspecified atom stereocenters.